The number of ether oxygens (including phenoxy) is 1. The second-order valence-corrected chi connectivity index (χ2v) is 9.40. The van der Waals surface area contributed by atoms with Crippen molar-refractivity contribution in [3.63, 3.8) is 0 Å². The first-order valence-corrected chi connectivity index (χ1v) is 12.3. The highest BCUT2D eigenvalue weighted by Crippen LogP contribution is 2.26. The molecule has 1 atom stereocenters. The van der Waals surface area contributed by atoms with Crippen LogP contribution in [0.15, 0.2) is 48.5 Å². The highest BCUT2D eigenvalue weighted by atomic mass is 35.5. The fourth-order valence-electron chi connectivity index (χ4n) is 3.19. The summed E-state index contributed by atoms with van der Waals surface area (Å²) in [6.07, 6.45) is 1.89. The number of anilines is 2. The van der Waals surface area contributed by atoms with E-state index in [2.05, 4.69) is 10.6 Å². The molecule has 0 spiro atoms. The van der Waals surface area contributed by atoms with Crippen molar-refractivity contribution in [1.82, 2.24) is 5.32 Å². The number of nitrogens with zero attached hydrogens (tertiary/aromatic N) is 1. The first-order valence-electron chi connectivity index (χ1n) is 10.1. The molecule has 0 saturated carbocycles. The van der Waals surface area contributed by atoms with E-state index in [1.54, 1.807) is 56.5 Å². The molecule has 32 heavy (non-hydrogen) atoms. The van der Waals surface area contributed by atoms with Crippen LogP contribution in [0.5, 0.6) is 0 Å². The van der Waals surface area contributed by atoms with Gasteiger partial charge in [-0.05, 0) is 43.2 Å². The van der Waals surface area contributed by atoms with Crippen molar-refractivity contribution in [3.05, 3.63) is 59.1 Å². The van der Waals surface area contributed by atoms with Gasteiger partial charge in [0, 0.05) is 25.3 Å². The van der Waals surface area contributed by atoms with Crippen LogP contribution in [0, 0.1) is 0 Å². The van der Waals surface area contributed by atoms with Crippen LogP contribution >= 0.6 is 11.6 Å². The monoisotopic (exact) mass is 481 g/mol. The number of methoxy groups -OCH3 is 1. The number of carbonyl (C=O) groups is 2. The number of amides is 2. The van der Waals surface area contributed by atoms with Crippen molar-refractivity contribution < 1.29 is 22.7 Å². The number of para-hydroxylation sites is 1. The standard InChI is InChI=1S/C22H28ClN3O5S/c1-4-20(26(32(3,29)30)17-10-7-9-16(23)15-17)22(28)25-19-12-6-5-11-18(19)21(27)24-13-8-14-31-2/h5-7,9-12,15,20H,4,8,13-14H2,1-3H3,(H,24,27)(H,25,28)/t20-/m0/s1. The molecule has 0 aromatic heterocycles. The molecule has 0 aliphatic rings. The maximum atomic E-state index is 13.2. The maximum absolute atomic E-state index is 13.2. The predicted octanol–water partition coefficient (Wildman–Crippen LogP) is 3.29. The van der Waals surface area contributed by atoms with Crippen molar-refractivity contribution in [2.24, 2.45) is 0 Å². The molecular weight excluding hydrogens is 454 g/mol. The summed E-state index contributed by atoms with van der Waals surface area (Å²) in [7, 11) is -2.22. The van der Waals surface area contributed by atoms with E-state index in [0.29, 0.717) is 30.3 Å². The Balaban J connectivity index is 2.29. The lowest BCUT2D eigenvalue weighted by atomic mass is 10.1. The summed E-state index contributed by atoms with van der Waals surface area (Å²) in [5.74, 6) is -0.905. The molecule has 0 saturated heterocycles. The highest BCUT2D eigenvalue weighted by Gasteiger charge is 2.32. The first-order chi connectivity index (χ1) is 15.2. The highest BCUT2D eigenvalue weighted by molar-refractivity contribution is 7.92. The van der Waals surface area contributed by atoms with Crippen molar-refractivity contribution >= 4 is 44.8 Å². The second kappa shape index (κ2) is 11.8. The van der Waals surface area contributed by atoms with E-state index < -0.39 is 22.0 Å². The van der Waals surface area contributed by atoms with Gasteiger partial charge in [-0.3, -0.25) is 13.9 Å². The Labute approximate surface area is 193 Å². The van der Waals surface area contributed by atoms with Crippen molar-refractivity contribution in [2.75, 3.05) is 36.1 Å². The van der Waals surface area contributed by atoms with Gasteiger partial charge in [-0.25, -0.2) is 8.42 Å². The smallest absolute Gasteiger partial charge is 0.253 e. The van der Waals surface area contributed by atoms with Crippen LogP contribution < -0.4 is 14.9 Å². The number of halogens is 1. The van der Waals surface area contributed by atoms with Crippen LogP contribution in [0.1, 0.15) is 30.1 Å². The van der Waals surface area contributed by atoms with Gasteiger partial charge in [0.2, 0.25) is 15.9 Å². The Morgan fingerprint density at radius 1 is 1.16 bits per heavy atom. The SMILES string of the molecule is CC[C@@H](C(=O)Nc1ccccc1C(=O)NCCCOC)N(c1cccc(Cl)c1)S(C)(=O)=O. The lowest BCUT2D eigenvalue weighted by Gasteiger charge is -2.30. The molecule has 0 fully saturated rings. The molecule has 174 valence electrons. The van der Waals surface area contributed by atoms with E-state index in [1.165, 1.54) is 6.07 Å². The lowest BCUT2D eigenvalue weighted by molar-refractivity contribution is -0.117. The lowest BCUT2D eigenvalue weighted by Crippen LogP contribution is -2.47. The number of sulfonamides is 1. The second-order valence-electron chi connectivity index (χ2n) is 7.10. The fourth-order valence-corrected chi connectivity index (χ4v) is 4.58. The third-order valence-electron chi connectivity index (χ3n) is 4.63. The first kappa shape index (κ1) is 25.6. The number of hydrogen-bond acceptors (Lipinski definition) is 5. The number of hydrogen-bond donors (Lipinski definition) is 2. The molecular formula is C22H28ClN3O5S. The Bertz CT molecular complexity index is 1050. The maximum Gasteiger partial charge on any atom is 0.253 e. The van der Waals surface area contributed by atoms with Crippen molar-refractivity contribution in [3.8, 4) is 0 Å². The van der Waals surface area contributed by atoms with Crippen LogP contribution in [0.25, 0.3) is 0 Å². The van der Waals surface area contributed by atoms with Gasteiger partial charge in [-0.1, -0.05) is 36.7 Å². The largest absolute Gasteiger partial charge is 0.385 e. The number of carbonyl (C=O) groups excluding carboxylic acids is 2. The quantitative estimate of drug-likeness (QED) is 0.479. The molecule has 0 aliphatic heterocycles. The molecule has 2 rings (SSSR count). The van der Waals surface area contributed by atoms with Crippen LogP contribution in [-0.2, 0) is 19.6 Å². The molecule has 2 aromatic carbocycles. The Hall–Kier alpha value is -2.62. The van der Waals surface area contributed by atoms with E-state index in [1.807, 2.05) is 0 Å². The van der Waals surface area contributed by atoms with Gasteiger partial charge in [0.05, 0.1) is 23.2 Å². The summed E-state index contributed by atoms with van der Waals surface area (Å²) in [5.41, 5.74) is 0.854. The summed E-state index contributed by atoms with van der Waals surface area (Å²) in [4.78, 5) is 25.7. The van der Waals surface area contributed by atoms with Gasteiger partial charge in [0.1, 0.15) is 6.04 Å². The van der Waals surface area contributed by atoms with Gasteiger partial charge in [-0.2, -0.15) is 0 Å². The summed E-state index contributed by atoms with van der Waals surface area (Å²) in [5, 5.41) is 5.84. The van der Waals surface area contributed by atoms with Crippen LogP contribution in [0.3, 0.4) is 0 Å². The third kappa shape index (κ3) is 6.94. The molecule has 0 bridgehead atoms. The third-order valence-corrected chi connectivity index (χ3v) is 6.05. The van der Waals surface area contributed by atoms with E-state index in [0.717, 1.165) is 10.6 Å². The van der Waals surface area contributed by atoms with E-state index in [-0.39, 0.29) is 23.6 Å². The van der Waals surface area contributed by atoms with Gasteiger partial charge in [0.25, 0.3) is 5.91 Å². The van der Waals surface area contributed by atoms with E-state index in [4.69, 9.17) is 16.3 Å². The van der Waals surface area contributed by atoms with Crippen LogP contribution in [0.2, 0.25) is 5.02 Å². The Morgan fingerprint density at radius 3 is 2.50 bits per heavy atom. The van der Waals surface area contributed by atoms with E-state index in [9.17, 15) is 18.0 Å². The molecule has 0 aliphatic carbocycles. The molecule has 2 aromatic rings. The van der Waals surface area contributed by atoms with Crippen LogP contribution in [0.4, 0.5) is 11.4 Å². The summed E-state index contributed by atoms with van der Waals surface area (Å²) < 4.78 is 31.2. The zero-order valence-electron chi connectivity index (χ0n) is 18.3. The normalized spacial score (nSPS) is 12.1. The van der Waals surface area contributed by atoms with Gasteiger partial charge >= 0.3 is 0 Å². The minimum atomic E-state index is -3.80. The molecule has 2 amide bonds. The van der Waals surface area contributed by atoms with Crippen molar-refractivity contribution in [2.45, 2.75) is 25.8 Å². The van der Waals surface area contributed by atoms with Crippen LogP contribution in [-0.4, -0.2) is 52.8 Å². The molecule has 8 nitrogen and oxygen atoms in total. The summed E-state index contributed by atoms with van der Waals surface area (Å²) >= 11 is 6.04. The zero-order valence-corrected chi connectivity index (χ0v) is 19.9. The summed E-state index contributed by atoms with van der Waals surface area (Å²) in [6, 6.07) is 11.8. The van der Waals surface area contributed by atoms with Gasteiger partial charge in [0.15, 0.2) is 0 Å². The topological polar surface area (TPSA) is 105 Å². The van der Waals surface area contributed by atoms with Gasteiger partial charge in [-0.15, -0.1) is 0 Å². The zero-order chi connectivity index (χ0) is 23.7. The Kier molecular flexibility index (Phi) is 9.49. The Morgan fingerprint density at radius 2 is 1.88 bits per heavy atom. The molecule has 2 N–H and O–H groups in total. The summed E-state index contributed by atoms with van der Waals surface area (Å²) in [6.45, 7) is 2.65. The molecule has 0 radical (unpaired) electrons. The number of rotatable bonds is 11. The van der Waals surface area contributed by atoms with Gasteiger partial charge < -0.3 is 15.4 Å². The number of benzene rings is 2. The van der Waals surface area contributed by atoms with E-state index >= 15 is 0 Å². The average molecular weight is 482 g/mol. The minimum Gasteiger partial charge on any atom is -0.385 e. The number of nitrogens with one attached hydrogen (secondary N) is 2. The molecule has 0 heterocycles. The predicted molar refractivity (Wildman–Crippen MR) is 127 cm³/mol. The fraction of sp³-hybridized carbons (Fsp3) is 0.364. The molecule has 0 unspecified atom stereocenters. The van der Waals surface area contributed by atoms with Crippen molar-refractivity contribution in [1.29, 1.82) is 0 Å². The average Bonchev–Trinajstić information content (AvgIpc) is 2.74. The molecule has 10 heteroatoms. The minimum absolute atomic E-state index is 0.205.